The van der Waals surface area contributed by atoms with Crippen molar-refractivity contribution in [3.63, 3.8) is 0 Å². The van der Waals surface area contributed by atoms with Crippen LogP contribution < -0.4 is 0 Å². The molecule has 5 atom stereocenters. The molecule has 0 aromatic rings. The van der Waals surface area contributed by atoms with Crippen LogP contribution in [0.4, 0.5) is 0 Å². The lowest BCUT2D eigenvalue weighted by Crippen LogP contribution is -2.57. The fraction of sp³-hybridized carbons (Fsp3) is 0.667. The molecule has 0 saturated carbocycles. The molecule has 1 heterocycles. The van der Waals surface area contributed by atoms with E-state index in [0.29, 0.717) is 0 Å². The van der Waals surface area contributed by atoms with E-state index in [0.717, 1.165) is 0 Å². The van der Waals surface area contributed by atoms with Crippen molar-refractivity contribution >= 4 is 52.6 Å². The number of esters is 2. The smallest absolute Gasteiger partial charge is 0.302 e. The summed E-state index contributed by atoms with van der Waals surface area (Å²) in [6.07, 6.45) is -0.0264. The Labute approximate surface area is 176 Å². The highest BCUT2D eigenvalue weighted by Crippen LogP contribution is 2.35. The predicted molar refractivity (Wildman–Crippen MR) is 101 cm³/mol. The van der Waals surface area contributed by atoms with E-state index in [2.05, 4.69) is 10.0 Å². The maximum Gasteiger partial charge on any atom is 0.302 e. The lowest BCUT2D eigenvalue weighted by Gasteiger charge is -2.43. The first-order chi connectivity index (χ1) is 13.0. The van der Waals surface area contributed by atoms with Crippen LogP contribution in [0.5, 0.6) is 0 Å². The van der Waals surface area contributed by atoms with Crippen LogP contribution in [0, 0.1) is 11.3 Å². The monoisotopic (exact) mass is 456 g/mol. The lowest BCUT2D eigenvalue weighted by molar-refractivity contribution is -0.228. The minimum atomic E-state index is -2.20. The molecule has 28 heavy (non-hydrogen) atoms. The highest BCUT2D eigenvalue weighted by molar-refractivity contribution is 6.76. The van der Waals surface area contributed by atoms with Crippen molar-refractivity contribution in [1.29, 1.82) is 5.41 Å². The zero-order valence-corrected chi connectivity index (χ0v) is 17.4. The number of alkyl halides is 3. The predicted octanol–water partition coefficient (Wildman–Crippen LogP) is 3.44. The summed E-state index contributed by atoms with van der Waals surface area (Å²) in [7, 11) is 0. The Morgan fingerprint density at radius 1 is 1.29 bits per heavy atom. The molecule has 1 rings (SSSR count). The molecule has 0 aromatic heterocycles. The molecule has 3 unspecified atom stereocenters. The van der Waals surface area contributed by atoms with Gasteiger partial charge in [0.25, 0.3) is 3.79 Å². The number of rotatable bonds is 6. The quantitative estimate of drug-likeness (QED) is 0.0945. The molecule has 156 valence electrons. The molecule has 0 aliphatic carbocycles. The zero-order valence-electron chi connectivity index (χ0n) is 15.2. The van der Waals surface area contributed by atoms with Gasteiger partial charge < -0.3 is 18.9 Å². The molecule has 1 aliphatic rings. The maximum atomic E-state index is 11.6. The topological polar surface area (TPSA) is 144 Å². The summed E-state index contributed by atoms with van der Waals surface area (Å²) >= 11 is 16.9. The van der Waals surface area contributed by atoms with Crippen molar-refractivity contribution in [3.05, 3.63) is 22.6 Å². The summed E-state index contributed by atoms with van der Waals surface area (Å²) in [6, 6.07) is -1.21. The number of nitrogens with one attached hydrogen (secondary N) is 1. The van der Waals surface area contributed by atoms with Gasteiger partial charge in [0.05, 0.1) is 0 Å². The van der Waals surface area contributed by atoms with E-state index in [9.17, 15) is 9.59 Å². The van der Waals surface area contributed by atoms with Gasteiger partial charge in [-0.2, -0.15) is 0 Å². The molecule has 1 saturated heterocycles. The summed E-state index contributed by atoms with van der Waals surface area (Å²) in [5, 5.41) is 11.3. The fourth-order valence-corrected chi connectivity index (χ4v) is 2.68. The van der Waals surface area contributed by atoms with Gasteiger partial charge in [0.15, 0.2) is 0 Å². The molecule has 0 aromatic carbocycles. The van der Waals surface area contributed by atoms with Crippen molar-refractivity contribution in [2.75, 3.05) is 6.61 Å². The summed E-state index contributed by atoms with van der Waals surface area (Å²) < 4.78 is 19.1. The number of azide groups is 1. The summed E-state index contributed by atoms with van der Waals surface area (Å²) in [5.41, 5.74) is 8.93. The lowest BCUT2D eigenvalue weighted by atomic mass is 9.87. The first-order valence-electron chi connectivity index (χ1n) is 7.96. The average molecular weight is 458 g/mol. The average Bonchev–Trinajstić information content (AvgIpc) is 2.57. The Hall–Kier alpha value is -1.71. The Balaban J connectivity index is 3.32. The molecule has 0 radical (unpaired) electrons. The maximum absolute atomic E-state index is 11.6. The molecular formula is C15H19Cl3N4O6. The van der Waals surface area contributed by atoms with Gasteiger partial charge in [-0.1, -0.05) is 52.1 Å². The molecule has 0 bridgehead atoms. The number of ether oxygens (including phenoxy) is 4. The molecule has 13 heteroatoms. The van der Waals surface area contributed by atoms with Gasteiger partial charge in [-0.15, -0.1) is 0 Å². The van der Waals surface area contributed by atoms with E-state index in [4.69, 9.17) is 64.7 Å². The Kier molecular flexibility index (Phi) is 9.32. The molecule has 1 fully saturated rings. The molecule has 1 aliphatic heterocycles. The van der Waals surface area contributed by atoms with Gasteiger partial charge in [0.1, 0.15) is 24.9 Å². The van der Waals surface area contributed by atoms with Crippen LogP contribution in [-0.4, -0.2) is 52.8 Å². The van der Waals surface area contributed by atoms with Crippen LogP contribution in [0.15, 0.2) is 17.3 Å². The highest BCUT2D eigenvalue weighted by Gasteiger charge is 2.49. The second-order valence-corrected chi connectivity index (χ2v) is 7.94. The van der Waals surface area contributed by atoms with Gasteiger partial charge in [-0.25, -0.2) is 0 Å². The van der Waals surface area contributed by atoms with Gasteiger partial charge in [-0.05, 0) is 12.5 Å². The number of hydrogen-bond acceptors (Lipinski definition) is 8. The third-order valence-corrected chi connectivity index (χ3v) is 4.09. The molecule has 1 N–H and O–H groups in total. The molecular weight excluding hydrogens is 439 g/mol. The fourth-order valence-electron chi connectivity index (χ4n) is 2.54. The Morgan fingerprint density at radius 2 is 1.93 bits per heavy atom. The number of carbonyl (C=O) groups is 2. The van der Waals surface area contributed by atoms with Gasteiger partial charge in [0.2, 0.25) is 12.2 Å². The Bertz CT molecular complexity index is 677. The van der Waals surface area contributed by atoms with E-state index >= 15 is 0 Å². The van der Waals surface area contributed by atoms with E-state index in [-0.39, 0.29) is 6.61 Å². The van der Waals surface area contributed by atoms with Crippen molar-refractivity contribution in [2.45, 2.75) is 49.1 Å². The van der Waals surface area contributed by atoms with Crippen molar-refractivity contribution in [3.8, 4) is 0 Å². The number of hydrogen-bond donors (Lipinski definition) is 1. The van der Waals surface area contributed by atoms with E-state index < -0.39 is 52.1 Å². The SMILES string of the molecule is CC=C[C@@H]1C(COC(C)=O)OC(OC(=N)C(Cl)(Cl)Cl)C(N=[N+]=[N-])[C@@H]1OC(C)=O. The van der Waals surface area contributed by atoms with Crippen LogP contribution >= 0.6 is 34.8 Å². The Morgan fingerprint density at radius 3 is 2.39 bits per heavy atom. The number of nitrogens with zero attached hydrogens (tertiary/aromatic N) is 3. The molecule has 10 nitrogen and oxygen atoms in total. The summed E-state index contributed by atoms with van der Waals surface area (Å²) in [4.78, 5) is 25.5. The van der Waals surface area contributed by atoms with Crippen LogP contribution in [-0.2, 0) is 28.5 Å². The van der Waals surface area contributed by atoms with E-state index in [1.807, 2.05) is 0 Å². The standard InChI is InChI=1S/C15H19Cl3N4O6/c1-4-5-9-10(6-25-7(2)23)27-13(28-14(19)15(16,17)18)11(21-22-20)12(9)26-8(3)24/h4-5,9-13,19H,6H2,1-3H3/t9-,10?,11?,12-,13?/m1/s1. The van der Waals surface area contributed by atoms with E-state index in [1.54, 1.807) is 19.1 Å². The largest absolute Gasteiger partial charge is 0.463 e. The van der Waals surface area contributed by atoms with Gasteiger partial charge in [-0.3, -0.25) is 15.0 Å². The first kappa shape index (κ1) is 24.3. The number of allylic oxidation sites excluding steroid dienone is 1. The van der Waals surface area contributed by atoms with Crippen molar-refractivity contribution in [2.24, 2.45) is 11.0 Å². The van der Waals surface area contributed by atoms with Crippen LogP contribution in [0.1, 0.15) is 20.8 Å². The second-order valence-electron chi connectivity index (χ2n) is 5.66. The van der Waals surface area contributed by atoms with Crippen LogP contribution in [0.2, 0.25) is 0 Å². The van der Waals surface area contributed by atoms with Crippen LogP contribution in [0.3, 0.4) is 0 Å². The minimum absolute atomic E-state index is 0.216. The summed E-state index contributed by atoms with van der Waals surface area (Å²) in [5.74, 6) is -2.65. The van der Waals surface area contributed by atoms with Crippen LogP contribution in [0.25, 0.3) is 10.4 Å². The van der Waals surface area contributed by atoms with E-state index in [1.165, 1.54) is 13.8 Å². The summed E-state index contributed by atoms with van der Waals surface area (Å²) in [6.45, 7) is 3.89. The minimum Gasteiger partial charge on any atom is -0.463 e. The zero-order chi connectivity index (χ0) is 21.5. The normalized spacial score (nSPS) is 27.6. The highest BCUT2D eigenvalue weighted by atomic mass is 35.6. The third-order valence-electron chi connectivity index (χ3n) is 3.58. The molecule has 0 amide bonds. The van der Waals surface area contributed by atoms with Crippen molar-refractivity contribution in [1.82, 2.24) is 0 Å². The van der Waals surface area contributed by atoms with Gasteiger partial charge in [0, 0.05) is 24.7 Å². The number of halogens is 3. The van der Waals surface area contributed by atoms with Gasteiger partial charge >= 0.3 is 11.9 Å². The number of carbonyl (C=O) groups excluding carboxylic acids is 2. The first-order valence-corrected chi connectivity index (χ1v) is 9.10. The third kappa shape index (κ3) is 7.03. The second kappa shape index (κ2) is 10.7. The molecule has 0 spiro atoms. The van der Waals surface area contributed by atoms with Crippen molar-refractivity contribution < 1.29 is 28.5 Å².